The predicted octanol–water partition coefficient (Wildman–Crippen LogP) is 10.5. The Kier molecular flexibility index (Phi) is 46.2. The Balaban J connectivity index is 0. The maximum absolute atomic E-state index is 12.9. The monoisotopic (exact) mass is 800 g/mol. The summed E-state index contributed by atoms with van der Waals surface area (Å²) in [5.74, 6) is -2.06. The number of carboxylic acid groups (broad SMARTS) is 2. The minimum atomic E-state index is -1.17. The topological polar surface area (TPSA) is 173 Å². The summed E-state index contributed by atoms with van der Waals surface area (Å²) in [6.07, 6.45) is 42.5. The van der Waals surface area contributed by atoms with Crippen molar-refractivity contribution < 1.29 is 34.8 Å². The van der Waals surface area contributed by atoms with Crippen molar-refractivity contribution in [2.45, 2.75) is 244 Å². The Labute approximate surface area is 344 Å². The molecule has 0 aromatic heterocycles. The van der Waals surface area contributed by atoms with E-state index < -0.39 is 24.1 Å². The Morgan fingerprint density at radius 1 is 0.536 bits per heavy atom. The van der Waals surface area contributed by atoms with E-state index in [4.69, 9.17) is 21.1 Å². The average molecular weight is 800 g/mol. The van der Waals surface area contributed by atoms with Crippen molar-refractivity contribution in [1.82, 2.24) is 10.2 Å². The Morgan fingerprint density at radius 3 is 1.11 bits per heavy atom. The number of nitrogens with zero attached hydrogens (tertiary/aromatic N) is 1. The van der Waals surface area contributed by atoms with Crippen LogP contribution in [0.5, 0.6) is 0 Å². The summed E-state index contributed by atoms with van der Waals surface area (Å²) in [5, 5.41) is 37.9. The molecule has 1 unspecified atom stereocenters. The van der Waals surface area contributed by atoms with Crippen LogP contribution >= 0.6 is 0 Å². The van der Waals surface area contributed by atoms with Crippen LogP contribution in [-0.4, -0.2) is 88.1 Å². The molecule has 0 saturated heterocycles. The van der Waals surface area contributed by atoms with E-state index in [9.17, 15) is 19.5 Å². The number of hydrogen-bond acceptors (Lipinski definition) is 7. The first-order valence-corrected chi connectivity index (χ1v) is 23.7. The van der Waals surface area contributed by atoms with Crippen LogP contribution in [0.1, 0.15) is 232 Å². The van der Waals surface area contributed by atoms with E-state index in [1.54, 1.807) is 0 Å². The second-order valence-electron chi connectivity index (χ2n) is 16.3. The summed E-state index contributed by atoms with van der Waals surface area (Å²) in [6, 6.07) is -1.06. The number of rotatable bonds is 43. The normalized spacial score (nSPS) is 12.2. The van der Waals surface area contributed by atoms with Gasteiger partial charge in [-0.15, -0.1) is 0 Å². The van der Waals surface area contributed by atoms with Gasteiger partial charge in [-0.25, -0.2) is 0 Å². The van der Waals surface area contributed by atoms with Crippen LogP contribution in [0.15, 0.2) is 0 Å². The second-order valence-corrected chi connectivity index (χ2v) is 16.3. The molecule has 0 aliphatic rings. The Hall–Kier alpha value is -1.75. The average Bonchev–Trinajstić information content (AvgIpc) is 3.18. The minimum absolute atomic E-state index is 0.0231. The van der Waals surface area contributed by atoms with Gasteiger partial charge in [0.1, 0.15) is 6.04 Å². The molecule has 0 spiro atoms. The van der Waals surface area contributed by atoms with Crippen molar-refractivity contribution in [1.29, 1.82) is 0 Å². The zero-order valence-corrected chi connectivity index (χ0v) is 36.8. The van der Waals surface area contributed by atoms with Crippen LogP contribution in [0.4, 0.5) is 0 Å². The predicted molar refractivity (Wildman–Crippen MR) is 234 cm³/mol. The van der Waals surface area contributed by atoms with Gasteiger partial charge < -0.3 is 36.4 Å². The van der Waals surface area contributed by atoms with E-state index in [2.05, 4.69) is 19.2 Å². The van der Waals surface area contributed by atoms with Crippen molar-refractivity contribution in [3.63, 3.8) is 0 Å². The lowest BCUT2D eigenvalue weighted by molar-refractivity contribution is -0.140. The van der Waals surface area contributed by atoms with E-state index in [0.717, 1.165) is 25.9 Å². The highest BCUT2D eigenvalue weighted by Crippen LogP contribution is 2.16. The number of carbonyl (C=O) groups is 3. The maximum atomic E-state index is 12.9. The van der Waals surface area contributed by atoms with Gasteiger partial charge in [0, 0.05) is 26.1 Å². The number of aliphatic carboxylic acids is 2. The van der Waals surface area contributed by atoms with Crippen molar-refractivity contribution in [2.75, 3.05) is 32.8 Å². The number of aliphatic hydroxyl groups excluding tert-OH is 2. The molecule has 7 N–H and O–H groups in total. The fourth-order valence-corrected chi connectivity index (χ4v) is 6.99. The largest absolute Gasteiger partial charge is 0.481 e. The third-order valence-electron chi connectivity index (χ3n) is 10.8. The zero-order chi connectivity index (χ0) is 41.7. The standard InChI is InChI=1S/C41H84N2O3.C5H9NO4/c1-3-5-7-9-11-13-15-17-19-21-23-25-27-29-31-33-35-43(41(46)38-42-37-40(45)39-44)36-34-32-30-28-26-24-22-20-18-16-14-12-10-8-6-4-2;6-3(5(9)10)1-2-4(7)8/h40,42,44-45H,3-39H2,1-2H3;3H,1-2,6H2,(H,7,8)(H,9,10)/t;3-/m.0/s1. The summed E-state index contributed by atoms with van der Waals surface area (Å²) < 4.78 is 0. The fraction of sp³-hybridized carbons (Fsp3) is 0.935. The third-order valence-corrected chi connectivity index (χ3v) is 10.8. The first-order chi connectivity index (χ1) is 27.2. The number of nitrogens with two attached hydrogens (primary N) is 1. The van der Waals surface area contributed by atoms with E-state index in [1.165, 1.54) is 193 Å². The van der Waals surface area contributed by atoms with Gasteiger partial charge in [0.15, 0.2) is 0 Å². The number of carboxylic acids is 2. The number of carbonyl (C=O) groups excluding carboxylic acids is 1. The number of aliphatic hydroxyl groups is 2. The molecule has 10 nitrogen and oxygen atoms in total. The molecule has 1 amide bonds. The van der Waals surface area contributed by atoms with Crippen LogP contribution < -0.4 is 11.1 Å². The summed E-state index contributed by atoms with van der Waals surface area (Å²) in [7, 11) is 0. The summed E-state index contributed by atoms with van der Waals surface area (Å²) >= 11 is 0. The van der Waals surface area contributed by atoms with Gasteiger partial charge in [-0.05, 0) is 19.3 Å². The van der Waals surface area contributed by atoms with Crippen LogP contribution in [0.3, 0.4) is 0 Å². The van der Waals surface area contributed by atoms with Gasteiger partial charge in [0.2, 0.25) is 5.91 Å². The highest BCUT2D eigenvalue weighted by atomic mass is 16.4. The molecule has 2 atom stereocenters. The number of amides is 1. The fourth-order valence-electron chi connectivity index (χ4n) is 6.99. The summed E-state index contributed by atoms with van der Waals surface area (Å²) in [5.41, 5.74) is 5.00. The molecule has 0 bridgehead atoms. The molecular weight excluding hydrogens is 707 g/mol. The molecule has 334 valence electrons. The molecule has 0 saturated carbocycles. The molecule has 0 aromatic rings. The lowest BCUT2D eigenvalue weighted by Gasteiger charge is -2.23. The van der Waals surface area contributed by atoms with Gasteiger partial charge in [-0.3, -0.25) is 14.4 Å². The van der Waals surface area contributed by atoms with Gasteiger partial charge in [-0.2, -0.15) is 0 Å². The van der Waals surface area contributed by atoms with Crippen molar-refractivity contribution in [3.8, 4) is 0 Å². The Bertz CT molecular complexity index is 812. The maximum Gasteiger partial charge on any atom is 0.320 e. The smallest absolute Gasteiger partial charge is 0.320 e. The first kappa shape index (κ1) is 56.3. The quantitative estimate of drug-likeness (QED) is 0.0328. The molecule has 56 heavy (non-hydrogen) atoms. The molecular formula is C46H93N3O7. The van der Waals surface area contributed by atoms with Gasteiger partial charge in [0.25, 0.3) is 0 Å². The van der Waals surface area contributed by atoms with Crippen LogP contribution in [0, 0.1) is 0 Å². The Morgan fingerprint density at radius 2 is 0.839 bits per heavy atom. The molecule has 10 heteroatoms. The highest BCUT2D eigenvalue weighted by molar-refractivity contribution is 5.78. The lowest BCUT2D eigenvalue weighted by atomic mass is 10.0. The first-order valence-electron chi connectivity index (χ1n) is 23.7. The number of hydrogen-bond donors (Lipinski definition) is 6. The van der Waals surface area contributed by atoms with Crippen molar-refractivity contribution >= 4 is 17.8 Å². The van der Waals surface area contributed by atoms with Crippen LogP contribution in [0.25, 0.3) is 0 Å². The van der Waals surface area contributed by atoms with Crippen LogP contribution in [-0.2, 0) is 14.4 Å². The number of nitrogens with one attached hydrogen (secondary N) is 1. The van der Waals surface area contributed by atoms with Crippen LogP contribution in [0.2, 0.25) is 0 Å². The molecule has 0 heterocycles. The van der Waals surface area contributed by atoms with E-state index in [0.29, 0.717) is 0 Å². The van der Waals surface area contributed by atoms with E-state index >= 15 is 0 Å². The third kappa shape index (κ3) is 45.0. The second kappa shape index (κ2) is 45.9. The highest BCUT2D eigenvalue weighted by Gasteiger charge is 2.14. The van der Waals surface area contributed by atoms with Crippen molar-refractivity contribution in [2.24, 2.45) is 5.73 Å². The summed E-state index contributed by atoms with van der Waals surface area (Å²) in [4.78, 5) is 34.8. The number of unbranched alkanes of at least 4 members (excludes halogenated alkanes) is 30. The zero-order valence-electron chi connectivity index (χ0n) is 36.8. The van der Waals surface area contributed by atoms with Gasteiger partial charge >= 0.3 is 11.9 Å². The minimum Gasteiger partial charge on any atom is -0.481 e. The molecule has 0 fully saturated rings. The van der Waals surface area contributed by atoms with Crippen molar-refractivity contribution in [3.05, 3.63) is 0 Å². The molecule has 0 aromatic carbocycles. The molecule has 0 aliphatic heterocycles. The SMILES string of the molecule is CCCCCCCCCCCCCCCCCCN(CCCCCCCCCCCCCCCCCC)C(=O)CNCC(O)CO.N[C@@H](CCC(=O)O)C(=O)O. The van der Waals surface area contributed by atoms with E-state index in [-0.39, 0.29) is 38.4 Å². The van der Waals surface area contributed by atoms with Gasteiger partial charge in [-0.1, -0.05) is 206 Å². The van der Waals surface area contributed by atoms with Gasteiger partial charge in [0.05, 0.1) is 19.3 Å². The molecule has 0 aliphatic carbocycles. The lowest BCUT2D eigenvalue weighted by Crippen LogP contribution is -2.41. The molecule has 0 rings (SSSR count). The van der Waals surface area contributed by atoms with E-state index in [1.807, 2.05) is 4.90 Å². The summed E-state index contributed by atoms with van der Waals surface area (Å²) in [6.45, 7) is 6.50. The molecule has 0 radical (unpaired) electrons.